The van der Waals surface area contributed by atoms with E-state index in [4.69, 9.17) is 6.42 Å². The summed E-state index contributed by atoms with van der Waals surface area (Å²) < 4.78 is 0. The van der Waals surface area contributed by atoms with Gasteiger partial charge in [0.15, 0.2) is 0 Å². The van der Waals surface area contributed by atoms with Crippen molar-refractivity contribution in [2.24, 2.45) is 5.92 Å². The molecule has 2 rings (SSSR count). The first-order valence-corrected chi connectivity index (χ1v) is 6.62. The summed E-state index contributed by atoms with van der Waals surface area (Å²) in [6.07, 6.45) is 11.0. The fraction of sp³-hybridized carbons (Fsp3) is 0.714. The molecule has 1 heterocycles. The Labute approximate surface area is 107 Å². The highest BCUT2D eigenvalue weighted by molar-refractivity contribution is 5.85. The van der Waals surface area contributed by atoms with Gasteiger partial charge >= 0.3 is 5.97 Å². The molecule has 0 aromatic rings. The molecule has 1 saturated carbocycles. The second kappa shape index (κ2) is 5.43. The molecule has 0 radical (unpaired) electrons. The average molecular weight is 249 g/mol. The van der Waals surface area contributed by atoms with Gasteiger partial charge in [-0.1, -0.05) is 18.8 Å². The second-order valence-electron chi connectivity index (χ2n) is 5.23. The first kappa shape index (κ1) is 12.9. The lowest BCUT2D eigenvalue weighted by atomic mass is 9.76. The minimum absolute atomic E-state index is 0.00694. The van der Waals surface area contributed by atoms with Gasteiger partial charge in [-0.3, -0.25) is 4.79 Å². The van der Waals surface area contributed by atoms with Gasteiger partial charge in [-0.15, -0.1) is 6.42 Å². The number of fused-ring (bicyclic) bond motifs is 1. The molecule has 3 unspecified atom stereocenters. The standard InChI is InChI=1S/C14H19NO3/c1-2-5-13(16)15-11-7-4-3-6-10(11)8-9-12(15)14(17)18/h1,10-12H,3-9H2,(H,17,18). The van der Waals surface area contributed by atoms with Crippen molar-refractivity contribution in [1.82, 2.24) is 4.90 Å². The predicted octanol–water partition coefficient (Wildman–Crippen LogP) is 1.64. The monoisotopic (exact) mass is 249 g/mol. The van der Waals surface area contributed by atoms with E-state index >= 15 is 0 Å². The molecule has 1 aliphatic heterocycles. The molecule has 0 bridgehead atoms. The van der Waals surface area contributed by atoms with Crippen LogP contribution in [0.1, 0.15) is 44.9 Å². The van der Waals surface area contributed by atoms with Gasteiger partial charge in [0.2, 0.25) is 5.91 Å². The van der Waals surface area contributed by atoms with Crippen LogP contribution in [-0.4, -0.2) is 34.0 Å². The highest BCUT2D eigenvalue weighted by Gasteiger charge is 2.43. The van der Waals surface area contributed by atoms with Crippen LogP contribution in [0.15, 0.2) is 0 Å². The number of amides is 1. The van der Waals surface area contributed by atoms with E-state index in [-0.39, 0.29) is 18.4 Å². The Balaban J connectivity index is 2.22. The van der Waals surface area contributed by atoms with E-state index in [2.05, 4.69) is 5.92 Å². The zero-order chi connectivity index (χ0) is 13.1. The third kappa shape index (κ3) is 2.35. The Hall–Kier alpha value is -1.50. The number of terminal acetylenes is 1. The number of hydrogen-bond acceptors (Lipinski definition) is 2. The highest BCUT2D eigenvalue weighted by Crippen LogP contribution is 2.38. The van der Waals surface area contributed by atoms with Gasteiger partial charge in [0, 0.05) is 6.04 Å². The number of likely N-dealkylation sites (tertiary alicyclic amines) is 1. The molecule has 0 aromatic heterocycles. The highest BCUT2D eigenvalue weighted by atomic mass is 16.4. The lowest BCUT2D eigenvalue weighted by Gasteiger charge is -2.47. The van der Waals surface area contributed by atoms with Gasteiger partial charge < -0.3 is 10.0 Å². The third-order valence-electron chi connectivity index (χ3n) is 4.20. The van der Waals surface area contributed by atoms with Gasteiger partial charge in [-0.25, -0.2) is 4.79 Å². The zero-order valence-corrected chi connectivity index (χ0v) is 10.5. The summed E-state index contributed by atoms with van der Waals surface area (Å²) in [4.78, 5) is 25.0. The van der Waals surface area contributed by atoms with Crippen LogP contribution < -0.4 is 0 Å². The Morgan fingerprint density at radius 1 is 1.22 bits per heavy atom. The van der Waals surface area contributed by atoms with Crippen LogP contribution in [0.2, 0.25) is 0 Å². The number of carbonyl (C=O) groups is 2. The predicted molar refractivity (Wildman–Crippen MR) is 66.7 cm³/mol. The molecule has 2 aliphatic rings. The number of carboxylic acid groups (broad SMARTS) is 1. The maximum Gasteiger partial charge on any atom is 0.326 e. The molecule has 1 N–H and O–H groups in total. The van der Waals surface area contributed by atoms with Crippen molar-refractivity contribution in [1.29, 1.82) is 0 Å². The van der Waals surface area contributed by atoms with Crippen LogP contribution in [0.4, 0.5) is 0 Å². The number of hydrogen-bond donors (Lipinski definition) is 1. The molecular formula is C14H19NO3. The molecule has 4 heteroatoms. The van der Waals surface area contributed by atoms with E-state index in [1.807, 2.05) is 0 Å². The van der Waals surface area contributed by atoms with E-state index in [1.165, 1.54) is 6.42 Å². The Morgan fingerprint density at radius 3 is 2.61 bits per heavy atom. The topological polar surface area (TPSA) is 57.6 Å². The van der Waals surface area contributed by atoms with Gasteiger partial charge in [0.1, 0.15) is 6.04 Å². The first-order chi connectivity index (χ1) is 8.65. The number of nitrogens with zero attached hydrogens (tertiary/aromatic N) is 1. The molecule has 0 aromatic carbocycles. The number of carboxylic acids is 1. The summed E-state index contributed by atoms with van der Waals surface area (Å²) in [7, 11) is 0. The van der Waals surface area contributed by atoms with E-state index in [0.717, 1.165) is 25.7 Å². The molecule has 0 spiro atoms. The lowest BCUT2D eigenvalue weighted by molar-refractivity contribution is -0.157. The van der Waals surface area contributed by atoms with Crippen molar-refractivity contribution < 1.29 is 14.7 Å². The van der Waals surface area contributed by atoms with Crippen LogP contribution in [0.25, 0.3) is 0 Å². The van der Waals surface area contributed by atoms with Crippen LogP contribution in [0.3, 0.4) is 0 Å². The molecule has 1 saturated heterocycles. The summed E-state index contributed by atoms with van der Waals surface area (Å²) in [6.45, 7) is 0. The second-order valence-corrected chi connectivity index (χ2v) is 5.23. The van der Waals surface area contributed by atoms with Gasteiger partial charge in [-0.05, 0) is 31.6 Å². The fourth-order valence-electron chi connectivity index (χ4n) is 3.41. The van der Waals surface area contributed by atoms with Crippen molar-refractivity contribution >= 4 is 11.9 Å². The molecule has 3 atom stereocenters. The van der Waals surface area contributed by atoms with Gasteiger partial charge in [0.25, 0.3) is 0 Å². The number of rotatable bonds is 2. The summed E-state index contributed by atoms with van der Waals surface area (Å²) in [5, 5.41) is 9.27. The van der Waals surface area contributed by atoms with Crippen LogP contribution in [0.5, 0.6) is 0 Å². The van der Waals surface area contributed by atoms with Crippen molar-refractivity contribution in [3.05, 3.63) is 0 Å². The summed E-state index contributed by atoms with van der Waals surface area (Å²) in [5.41, 5.74) is 0. The summed E-state index contributed by atoms with van der Waals surface area (Å²) >= 11 is 0. The Morgan fingerprint density at radius 2 is 1.94 bits per heavy atom. The number of carbonyl (C=O) groups excluding carboxylic acids is 1. The van der Waals surface area contributed by atoms with Crippen molar-refractivity contribution in [2.75, 3.05) is 0 Å². The Bertz CT molecular complexity index is 385. The lowest BCUT2D eigenvalue weighted by Crippen LogP contribution is -2.57. The van der Waals surface area contributed by atoms with Crippen molar-refractivity contribution in [3.8, 4) is 12.3 Å². The Kier molecular flexibility index (Phi) is 3.90. The summed E-state index contributed by atoms with van der Waals surface area (Å²) in [6, 6.07) is -0.584. The smallest absolute Gasteiger partial charge is 0.326 e. The molecular weight excluding hydrogens is 230 g/mol. The fourth-order valence-corrected chi connectivity index (χ4v) is 3.41. The van der Waals surface area contributed by atoms with Crippen molar-refractivity contribution in [3.63, 3.8) is 0 Å². The van der Waals surface area contributed by atoms with E-state index in [1.54, 1.807) is 4.90 Å². The molecule has 4 nitrogen and oxygen atoms in total. The van der Waals surface area contributed by atoms with Crippen LogP contribution in [-0.2, 0) is 9.59 Å². The van der Waals surface area contributed by atoms with E-state index < -0.39 is 12.0 Å². The quantitative estimate of drug-likeness (QED) is 0.757. The van der Waals surface area contributed by atoms with E-state index in [0.29, 0.717) is 12.3 Å². The molecule has 1 amide bonds. The molecule has 1 aliphatic carbocycles. The van der Waals surface area contributed by atoms with Crippen LogP contribution >= 0.6 is 0 Å². The van der Waals surface area contributed by atoms with Gasteiger partial charge in [-0.2, -0.15) is 0 Å². The number of piperidine rings is 1. The van der Waals surface area contributed by atoms with Crippen LogP contribution in [0, 0.1) is 18.3 Å². The average Bonchev–Trinajstić information content (AvgIpc) is 2.37. The van der Waals surface area contributed by atoms with Gasteiger partial charge in [0.05, 0.1) is 6.42 Å². The normalized spacial score (nSPS) is 31.3. The van der Waals surface area contributed by atoms with Crippen molar-refractivity contribution in [2.45, 2.75) is 57.0 Å². The van der Waals surface area contributed by atoms with E-state index in [9.17, 15) is 14.7 Å². The summed E-state index contributed by atoms with van der Waals surface area (Å²) in [5.74, 6) is 1.71. The molecule has 2 fully saturated rings. The molecule has 98 valence electrons. The maximum atomic E-state index is 12.1. The first-order valence-electron chi connectivity index (χ1n) is 6.62. The molecule has 18 heavy (non-hydrogen) atoms. The number of aliphatic carboxylic acids is 1. The minimum atomic E-state index is -0.899. The maximum absolute atomic E-state index is 12.1. The SMILES string of the molecule is C#CCC(=O)N1C(C(=O)O)CCC2CCCCC21. The minimum Gasteiger partial charge on any atom is -0.480 e. The third-order valence-corrected chi connectivity index (χ3v) is 4.20. The zero-order valence-electron chi connectivity index (χ0n) is 10.5. The largest absolute Gasteiger partial charge is 0.480 e.